The van der Waals surface area contributed by atoms with E-state index in [1.54, 1.807) is 34.1 Å². The highest BCUT2D eigenvalue weighted by molar-refractivity contribution is 6.30. The highest BCUT2D eigenvalue weighted by Crippen LogP contribution is 2.34. The van der Waals surface area contributed by atoms with Gasteiger partial charge in [-0.2, -0.15) is 0 Å². The Morgan fingerprint density at radius 2 is 1.87 bits per heavy atom. The molecule has 2 N–H and O–H groups in total. The van der Waals surface area contributed by atoms with Gasteiger partial charge in [0.05, 0.1) is 0 Å². The van der Waals surface area contributed by atoms with Crippen LogP contribution in [-0.4, -0.2) is 58.9 Å². The minimum Gasteiger partial charge on any atom is -0.342 e. The van der Waals surface area contributed by atoms with Crippen LogP contribution in [0.3, 0.4) is 0 Å². The van der Waals surface area contributed by atoms with Crippen LogP contribution in [0.25, 0.3) is 0 Å². The number of carbonyl (C=O) groups is 3. The lowest BCUT2D eigenvalue weighted by Gasteiger charge is -2.51. The standard InChI is InChI=1S/C22H31ClN4O3/c1-4-11-27-19(28)18(14-15(2)3)25-20(29)22(27)9-12-26(13-10-22)21(30)24-17-7-5-16(23)6-8-17/h5-8,15,18H,4,9-14H2,1-3H3,(H,24,30)(H,25,29). The first-order valence-corrected chi connectivity index (χ1v) is 11.1. The number of hydrogen-bond acceptors (Lipinski definition) is 3. The molecule has 30 heavy (non-hydrogen) atoms. The van der Waals surface area contributed by atoms with E-state index in [2.05, 4.69) is 10.6 Å². The molecule has 3 rings (SSSR count). The molecule has 1 unspecified atom stereocenters. The molecule has 0 radical (unpaired) electrons. The van der Waals surface area contributed by atoms with E-state index in [4.69, 9.17) is 11.6 Å². The Bertz CT molecular complexity index is 788. The van der Waals surface area contributed by atoms with E-state index in [1.165, 1.54) is 0 Å². The molecule has 2 fully saturated rings. The van der Waals surface area contributed by atoms with Crippen LogP contribution in [0.5, 0.6) is 0 Å². The molecule has 0 bridgehead atoms. The fraction of sp³-hybridized carbons (Fsp3) is 0.591. The molecular formula is C22H31ClN4O3. The van der Waals surface area contributed by atoms with Crippen molar-refractivity contribution in [2.75, 3.05) is 25.0 Å². The van der Waals surface area contributed by atoms with Gasteiger partial charge in [0.2, 0.25) is 11.8 Å². The second kappa shape index (κ2) is 9.25. The van der Waals surface area contributed by atoms with E-state index in [1.807, 2.05) is 20.8 Å². The molecule has 0 aromatic heterocycles. The first-order valence-electron chi connectivity index (χ1n) is 10.7. The lowest BCUT2D eigenvalue weighted by Crippen LogP contribution is -2.73. The van der Waals surface area contributed by atoms with Crippen molar-refractivity contribution >= 4 is 35.1 Å². The lowest BCUT2D eigenvalue weighted by atomic mass is 9.81. The Kier molecular flexibility index (Phi) is 6.91. The van der Waals surface area contributed by atoms with Crippen LogP contribution in [0.4, 0.5) is 10.5 Å². The highest BCUT2D eigenvalue weighted by Gasteiger charge is 2.53. The summed E-state index contributed by atoms with van der Waals surface area (Å²) in [6, 6.07) is 6.26. The first kappa shape index (κ1) is 22.4. The van der Waals surface area contributed by atoms with E-state index in [9.17, 15) is 14.4 Å². The zero-order valence-electron chi connectivity index (χ0n) is 17.9. The van der Waals surface area contributed by atoms with Crippen molar-refractivity contribution in [1.82, 2.24) is 15.1 Å². The number of urea groups is 1. The summed E-state index contributed by atoms with van der Waals surface area (Å²) in [5.41, 5.74) is -0.197. The SMILES string of the molecule is CCCN1C(=O)C(CC(C)C)NC(=O)C12CCN(C(=O)Nc1ccc(Cl)cc1)CC2. The quantitative estimate of drug-likeness (QED) is 0.744. The molecule has 7 nitrogen and oxygen atoms in total. The third-order valence-electron chi connectivity index (χ3n) is 5.94. The van der Waals surface area contributed by atoms with Crippen molar-refractivity contribution < 1.29 is 14.4 Å². The van der Waals surface area contributed by atoms with Crippen LogP contribution in [0.15, 0.2) is 24.3 Å². The third kappa shape index (κ3) is 4.56. The van der Waals surface area contributed by atoms with E-state index in [0.29, 0.717) is 55.5 Å². The van der Waals surface area contributed by atoms with Gasteiger partial charge in [0.1, 0.15) is 11.6 Å². The summed E-state index contributed by atoms with van der Waals surface area (Å²) in [4.78, 5) is 42.5. The number of nitrogens with one attached hydrogen (secondary N) is 2. The summed E-state index contributed by atoms with van der Waals surface area (Å²) in [6.07, 6.45) is 2.30. The summed E-state index contributed by atoms with van der Waals surface area (Å²) in [7, 11) is 0. The number of carbonyl (C=O) groups excluding carboxylic acids is 3. The largest absolute Gasteiger partial charge is 0.342 e. The van der Waals surface area contributed by atoms with Crippen LogP contribution < -0.4 is 10.6 Å². The molecule has 2 aliphatic rings. The number of piperazine rings is 1. The first-order chi connectivity index (χ1) is 14.3. The number of benzene rings is 1. The predicted molar refractivity (Wildman–Crippen MR) is 117 cm³/mol. The van der Waals surface area contributed by atoms with Gasteiger partial charge in [0.25, 0.3) is 0 Å². The predicted octanol–water partition coefficient (Wildman–Crippen LogP) is 3.49. The van der Waals surface area contributed by atoms with Crippen LogP contribution in [0.1, 0.15) is 46.5 Å². The molecule has 0 aliphatic carbocycles. The fourth-order valence-corrected chi connectivity index (χ4v) is 4.49. The molecule has 1 aromatic rings. The molecule has 1 aromatic carbocycles. The minimum atomic E-state index is -0.863. The third-order valence-corrected chi connectivity index (χ3v) is 6.19. The normalized spacial score (nSPS) is 21.2. The maximum Gasteiger partial charge on any atom is 0.321 e. The average molecular weight is 435 g/mol. The van der Waals surface area contributed by atoms with E-state index in [0.717, 1.165) is 6.42 Å². The Morgan fingerprint density at radius 1 is 1.23 bits per heavy atom. The number of anilines is 1. The van der Waals surface area contributed by atoms with Crippen molar-refractivity contribution in [2.24, 2.45) is 5.92 Å². The lowest BCUT2D eigenvalue weighted by molar-refractivity contribution is -0.161. The topological polar surface area (TPSA) is 81.8 Å². The molecule has 1 spiro atoms. The molecule has 164 valence electrons. The number of piperidine rings is 1. The Morgan fingerprint density at radius 3 is 2.43 bits per heavy atom. The van der Waals surface area contributed by atoms with Gasteiger partial charge in [-0.3, -0.25) is 9.59 Å². The van der Waals surface area contributed by atoms with E-state index < -0.39 is 11.6 Å². The number of hydrogen-bond donors (Lipinski definition) is 2. The average Bonchev–Trinajstić information content (AvgIpc) is 2.71. The Labute approximate surface area is 183 Å². The van der Waals surface area contributed by atoms with Crippen molar-refractivity contribution in [2.45, 2.75) is 58.0 Å². The van der Waals surface area contributed by atoms with Gasteiger partial charge >= 0.3 is 6.03 Å². The summed E-state index contributed by atoms with van der Waals surface area (Å²) in [6.45, 7) is 7.49. The molecular weight excluding hydrogens is 404 g/mol. The van der Waals surface area contributed by atoms with Crippen LogP contribution in [0.2, 0.25) is 5.02 Å². The number of likely N-dealkylation sites (tertiary alicyclic amines) is 1. The number of amides is 4. The van der Waals surface area contributed by atoms with Crippen molar-refractivity contribution in [3.8, 4) is 0 Å². The van der Waals surface area contributed by atoms with Gasteiger partial charge in [-0.25, -0.2) is 4.79 Å². The van der Waals surface area contributed by atoms with Crippen molar-refractivity contribution in [3.05, 3.63) is 29.3 Å². The molecule has 0 saturated carbocycles. The van der Waals surface area contributed by atoms with Crippen LogP contribution in [-0.2, 0) is 9.59 Å². The smallest absolute Gasteiger partial charge is 0.321 e. The summed E-state index contributed by atoms with van der Waals surface area (Å²) in [5, 5.41) is 6.44. The Balaban J connectivity index is 1.69. The van der Waals surface area contributed by atoms with E-state index >= 15 is 0 Å². The van der Waals surface area contributed by atoms with Gasteiger partial charge in [0.15, 0.2) is 0 Å². The number of rotatable bonds is 5. The fourth-order valence-electron chi connectivity index (χ4n) is 4.37. The van der Waals surface area contributed by atoms with Crippen molar-refractivity contribution in [3.63, 3.8) is 0 Å². The van der Waals surface area contributed by atoms with Gasteiger partial charge in [0, 0.05) is 30.3 Å². The monoisotopic (exact) mass is 434 g/mol. The van der Waals surface area contributed by atoms with Crippen LogP contribution >= 0.6 is 11.6 Å². The Hall–Kier alpha value is -2.28. The van der Waals surface area contributed by atoms with Gasteiger partial charge in [-0.1, -0.05) is 32.4 Å². The summed E-state index contributed by atoms with van der Waals surface area (Å²) >= 11 is 5.89. The zero-order valence-corrected chi connectivity index (χ0v) is 18.7. The number of halogens is 1. The van der Waals surface area contributed by atoms with E-state index in [-0.39, 0.29) is 17.8 Å². The maximum atomic E-state index is 13.2. The van der Waals surface area contributed by atoms with Crippen LogP contribution in [0, 0.1) is 5.92 Å². The summed E-state index contributed by atoms with van der Waals surface area (Å²) < 4.78 is 0. The number of nitrogens with zero attached hydrogens (tertiary/aromatic N) is 2. The second-order valence-corrected chi connectivity index (χ2v) is 9.04. The molecule has 2 heterocycles. The molecule has 2 saturated heterocycles. The van der Waals surface area contributed by atoms with Gasteiger partial charge < -0.3 is 20.4 Å². The van der Waals surface area contributed by atoms with Gasteiger partial charge in [-0.15, -0.1) is 0 Å². The van der Waals surface area contributed by atoms with Gasteiger partial charge in [-0.05, 0) is 55.9 Å². The zero-order chi connectivity index (χ0) is 21.9. The minimum absolute atomic E-state index is 0.00390. The molecule has 2 aliphatic heterocycles. The van der Waals surface area contributed by atoms with Crippen molar-refractivity contribution in [1.29, 1.82) is 0 Å². The molecule has 1 atom stereocenters. The maximum absolute atomic E-state index is 13.2. The summed E-state index contributed by atoms with van der Waals surface area (Å²) in [5.74, 6) is 0.235. The molecule has 8 heteroatoms. The highest BCUT2D eigenvalue weighted by atomic mass is 35.5. The second-order valence-electron chi connectivity index (χ2n) is 8.60. The molecule has 4 amide bonds.